The number of rotatable bonds is 7. The third kappa shape index (κ3) is 5.54. The van der Waals surface area contributed by atoms with Crippen molar-refractivity contribution in [1.29, 1.82) is 0 Å². The Balaban J connectivity index is 1.85. The van der Waals surface area contributed by atoms with Crippen LogP contribution in [0, 0.1) is 11.8 Å². The molecule has 23 heavy (non-hydrogen) atoms. The molecular weight excluding hydrogens is 288 g/mol. The average Bonchev–Trinajstić information content (AvgIpc) is 2.56. The van der Waals surface area contributed by atoms with Crippen LogP contribution in [0.15, 0.2) is 24.3 Å². The van der Waals surface area contributed by atoms with Crippen molar-refractivity contribution in [3.63, 3.8) is 0 Å². The van der Waals surface area contributed by atoms with E-state index >= 15 is 0 Å². The van der Waals surface area contributed by atoms with E-state index in [0.29, 0.717) is 24.9 Å². The van der Waals surface area contributed by atoms with E-state index in [2.05, 4.69) is 17.6 Å². The van der Waals surface area contributed by atoms with Gasteiger partial charge in [0.1, 0.15) is 5.75 Å². The molecule has 1 saturated heterocycles. The van der Waals surface area contributed by atoms with Crippen LogP contribution in [0.5, 0.6) is 5.75 Å². The molecule has 1 heterocycles. The highest BCUT2D eigenvalue weighted by Crippen LogP contribution is 2.23. The molecule has 1 aromatic rings. The van der Waals surface area contributed by atoms with Crippen molar-refractivity contribution in [2.45, 2.75) is 46.1 Å². The van der Waals surface area contributed by atoms with Crippen LogP contribution in [0.4, 0.5) is 0 Å². The molecule has 2 rings (SSSR count). The standard InChI is InChI=1S/C19H30N2O2/c1-4-23-18-9-5-7-16(12-18)15(3)21-19(22)11-14(2)17-8-6-10-20-13-17/h5,7,9,12,14-15,17,20H,4,6,8,10-11,13H2,1-3H3,(H,21,22). The van der Waals surface area contributed by atoms with Crippen LogP contribution in [0.1, 0.15) is 51.6 Å². The summed E-state index contributed by atoms with van der Waals surface area (Å²) in [5.41, 5.74) is 1.08. The highest BCUT2D eigenvalue weighted by atomic mass is 16.5. The van der Waals surface area contributed by atoms with E-state index in [1.165, 1.54) is 12.8 Å². The second-order valence-electron chi connectivity index (χ2n) is 6.58. The predicted molar refractivity (Wildman–Crippen MR) is 93.5 cm³/mol. The van der Waals surface area contributed by atoms with Crippen LogP contribution in [0.25, 0.3) is 0 Å². The molecule has 4 nitrogen and oxygen atoms in total. The zero-order chi connectivity index (χ0) is 16.7. The van der Waals surface area contributed by atoms with Gasteiger partial charge in [0.05, 0.1) is 12.6 Å². The van der Waals surface area contributed by atoms with Crippen LogP contribution in [-0.2, 0) is 4.79 Å². The zero-order valence-corrected chi connectivity index (χ0v) is 14.6. The number of hydrogen-bond donors (Lipinski definition) is 2. The Labute approximate surface area is 140 Å². The monoisotopic (exact) mass is 318 g/mol. The van der Waals surface area contributed by atoms with Gasteiger partial charge in [0.15, 0.2) is 0 Å². The summed E-state index contributed by atoms with van der Waals surface area (Å²) in [6.45, 7) is 8.99. The van der Waals surface area contributed by atoms with E-state index in [0.717, 1.165) is 24.4 Å². The van der Waals surface area contributed by atoms with Crippen LogP contribution in [-0.4, -0.2) is 25.6 Å². The van der Waals surface area contributed by atoms with Crippen LogP contribution in [0.2, 0.25) is 0 Å². The lowest BCUT2D eigenvalue weighted by Gasteiger charge is -2.28. The first-order valence-corrected chi connectivity index (χ1v) is 8.83. The first kappa shape index (κ1) is 17.8. The Kier molecular flexibility index (Phi) is 6.90. The summed E-state index contributed by atoms with van der Waals surface area (Å²) in [5, 5.41) is 6.55. The van der Waals surface area contributed by atoms with Gasteiger partial charge >= 0.3 is 0 Å². The van der Waals surface area contributed by atoms with Gasteiger partial charge in [0, 0.05) is 6.42 Å². The van der Waals surface area contributed by atoms with E-state index in [-0.39, 0.29) is 11.9 Å². The zero-order valence-electron chi connectivity index (χ0n) is 14.6. The molecule has 1 amide bonds. The number of hydrogen-bond acceptors (Lipinski definition) is 3. The van der Waals surface area contributed by atoms with Gasteiger partial charge in [0.2, 0.25) is 5.91 Å². The van der Waals surface area contributed by atoms with E-state index in [1.54, 1.807) is 0 Å². The van der Waals surface area contributed by atoms with Gasteiger partial charge in [-0.05, 0) is 69.3 Å². The minimum absolute atomic E-state index is 0.000382. The van der Waals surface area contributed by atoms with Gasteiger partial charge in [-0.25, -0.2) is 0 Å². The summed E-state index contributed by atoms with van der Waals surface area (Å²) in [4.78, 5) is 12.3. The number of nitrogens with one attached hydrogen (secondary N) is 2. The number of amides is 1. The molecule has 0 aliphatic carbocycles. The lowest BCUT2D eigenvalue weighted by Crippen LogP contribution is -2.36. The fraction of sp³-hybridized carbons (Fsp3) is 0.632. The lowest BCUT2D eigenvalue weighted by atomic mass is 9.85. The third-order valence-electron chi connectivity index (χ3n) is 4.69. The Morgan fingerprint density at radius 1 is 1.43 bits per heavy atom. The predicted octanol–water partition coefficient (Wildman–Crippen LogP) is 3.29. The van der Waals surface area contributed by atoms with Gasteiger partial charge in [-0.1, -0.05) is 19.1 Å². The molecule has 0 aromatic heterocycles. The molecule has 3 atom stereocenters. The van der Waals surface area contributed by atoms with Crippen molar-refractivity contribution < 1.29 is 9.53 Å². The summed E-state index contributed by atoms with van der Waals surface area (Å²) in [6.07, 6.45) is 3.05. The summed E-state index contributed by atoms with van der Waals surface area (Å²) in [7, 11) is 0. The Bertz CT molecular complexity index is 498. The van der Waals surface area contributed by atoms with Crippen molar-refractivity contribution in [2.24, 2.45) is 11.8 Å². The number of carbonyl (C=O) groups is 1. The maximum absolute atomic E-state index is 12.3. The fourth-order valence-electron chi connectivity index (χ4n) is 3.25. The smallest absolute Gasteiger partial charge is 0.220 e. The second kappa shape index (κ2) is 8.92. The largest absolute Gasteiger partial charge is 0.494 e. The van der Waals surface area contributed by atoms with Crippen LogP contribution in [0.3, 0.4) is 0 Å². The van der Waals surface area contributed by atoms with E-state index in [1.807, 2.05) is 38.1 Å². The molecule has 0 saturated carbocycles. The number of benzene rings is 1. The fourth-order valence-corrected chi connectivity index (χ4v) is 3.25. The maximum Gasteiger partial charge on any atom is 0.220 e. The molecule has 1 aromatic carbocycles. The Hall–Kier alpha value is -1.55. The Morgan fingerprint density at radius 2 is 2.26 bits per heavy atom. The Morgan fingerprint density at radius 3 is 2.96 bits per heavy atom. The van der Waals surface area contributed by atoms with Gasteiger partial charge in [0.25, 0.3) is 0 Å². The first-order valence-electron chi connectivity index (χ1n) is 8.83. The molecule has 0 radical (unpaired) electrons. The summed E-state index contributed by atoms with van der Waals surface area (Å²) >= 11 is 0. The third-order valence-corrected chi connectivity index (χ3v) is 4.69. The first-order chi connectivity index (χ1) is 11.1. The highest BCUT2D eigenvalue weighted by Gasteiger charge is 2.22. The molecule has 1 aliphatic rings. The summed E-state index contributed by atoms with van der Waals surface area (Å²) < 4.78 is 5.53. The van der Waals surface area contributed by atoms with Crippen molar-refractivity contribution in [2.75, 3.05) is 19.7 Å². The average molecular weight is 318 g/mol. The number of piperidine rings is 1. The number of ether oxygens (including phenoxy) is 1. The summed E-state index contributed by atoms with van der Waals surface area (Å²) in [6, 6.07) is 7.95. The molecule has 1 aliphatic heterocycles. The van der Waals surface area contributed by atoms with Crippen molar-refractivity contribution in [3.8, 4) is 5.75 Å². The van der Waals surface area contributed by atoms with Gasteiger partial charge in [-0.15, -0.1) is 0 Å². The molecule has 1 fully saturated rings. The van der Waals surface area contributed by atoms with Gasteiger partial charge < -0.3 is 15.4 Å². The molecule has 4 heteroatoms. The van der Waals surface area contributed by atoms with E-state index < -0.39 is 0 Å². The summed E-state index contributed by atoms with van der Waals surface area (Å²) in [5.74, 6) is 2.03. The minimum atomic E-state index is -0.000382. The molecule has 128 valence electrons. The van der Waals surface area contributed by atoms with E-state index in [9.17, 15) is 4.79 Å². The molecular formula is C19H30N2O2. The normalized spacial score (nSPS) is 20.6. The maximum atomic E-state index is 12.3. The van der Waals surface area contributed by atoms with Crippen molar-refractivity contribution in [3.05, 3.63) is 29.8 Å². The topological polar surface area (TPSA) is 50.4 Å². The van der Waals surface area contributed by atoms with Crippen LogP contribution >= 0.6 is 0 Å². The lowest BCUT2D eigenvalue weighted by molar-refractivity contribution is -0.123. The minimum Gasteiger partial charge on any atom is -0.494 e. The molecule has 0 bridgehead atoms. The second-order valence-corrected chi connectivity index (χ2v) is 6.58. The van der Waals surface area contributed by atoms with Crippen LogP contribution < -0.4 is 15.4 Å². The van der Waals surface area contributed by atoms with Crippen molar-refractivity contribution >= 4 is 5.91 Å². The quantitative estimate of drug-likeness (QED) is 0.811. The SMILES string of the molecule is CCOc1cccc(C(C)NC(=O)CC(C)C2CCCNC2)c1. The number of carbonyl (C=O) groups excluding carboxylic acids is 1. The molecule has 0 spiro atoms. The van der Waals surface area contributed by atoms with E-state index in [4.69, 9.17) is 4.74 Å². The molecule has 3 unspecified atom stereocenters. The van der Waals surface area contributed by atoms with Crippen molar-refractivity contribution in [1.82, 2.24) is 10.6 Å². The highest BCUT2D eigenvalue weighted by molar-refractivity contribution is 5.76. The van der Waals surface area contributed by atoms with Gasteiger partial charge in [-0.3, -0.25) is 4.79 Å². The van der Waals surface area contributed by atoms with Gasteiger partial charge in [-0.2, -0.15) is 0 Å². The molecule has 2 N–H and O–H groups in total.